The molecule has 0 fully saturated rings. The summed E-state index contributed by atoms with van der Waals surface area (Å²) in [5, 5.41) is 4.95. The third-order valence-electron chi connectivity index (χ3n) is 4.40. The Morgan fingerprint density at radius 1 is 0.867 bits per heavy atom. The zero-order valence-corrected chi connectivity index (χ0v) is 16.5. The summed E-state index contributed by atoms with van der Waals surface area (Å²) in [4.78, 5) is 61.5. The number of hydrogen-bond donors (Lipinski definition) is 2. The number of benzene rings is 2. The molecule has 0 saturated carbocycles. The van der Waals surface area contributed by atoms with Crippen molar-refractivity contribution in [1.29, 1.82) is 0 Å². The number of carbonyl (C=O) groups excluding carboxylic acids is 5. The second-order valence-electron chi connectivity index (χ2n) is 7.01. The average molecular weight is 408 g/mol. The quantitative estimate of drug-likeness (QED) is 0.593. The Morgan fingerprint density at radius 3 is 2.17 bits per heavy atom. The van der Waals surface area contributed by atoms with Crippen LogP contribution in [-0.4, -0.2) is 48.5 Å². The molecule has 0 aliphatic heterocycles. The van der Waals surface area contributed by atoms with Crippen molar-refractivity contribution in [3.8, 4) is 0 Å². The molecule has 2 amide bonds. The van der Waals surface area contributed by atoms with Crippen LogP contribution in [0.4, 0.5) is 0 Å². The van der Waals surface area contributed by atoms with E-state index in [1.54, 1.807) is 32.0 Å². The maximum Gasteiger partial charge on any atom is 0.339 e. The van der Waals surface area contributed by atoms with Crippen molar-refractivity contribution < 1.29 is 28.7 Å². The molecule has 0 aromatic heterocycles. The molecule has 1 aliphatic carbocycles. The standard InChI is InChI=1S/C22H20N2O6/c1-12(2)24-17(25)10-23-18(26)11-30-22(29)16-9-5-8-15-19(16)21(28)14-7-4-3-6-13(14)20(15)27/h3-9,12H,10-11H2,1-2H3,(H,23,26)(H,24,25). The Bertz CT molecular complexity index is 1060. The minimum Gasteiger partial charge on any atom is -0.452 e. The molecule has 0 unspecified atom stereocenters. The third-order valence-corrected chi connectivity index (χ3v) is 4.40. The van der Waals surface area contributed by atoms with E-state index in [0.717, 1.165) is 0 Å². The first-order valence-corrected chi connectivity index (χ1v) is 9.34. The summed E-state index contributed by atoms with van der Waals surface area (Å²) in [5.74, 6) is -2.76. The van der Waals surface area contributed by atoms with Gasteiger partial charge in [-0.05, 0) is 19.9 Å². The summed E-state index contributed by atoms with van der Waals surface area (Å²) in [6, 6.07) is 10.6. The van der Waals surface area contributed by atoms with E-state index >= 15 is 0 Å². The van der Waals surface area contributed by atoms with Gasteiger partial charge in [-0.2, -0.15) is 0 Å². The molecule has 0 spiro atoms. The van der Waals surface area contributed by atoms with E-state index < -0.39 is 24.3 Å². The highest BCUT2D eigenvalue weighted by molar-refractivity contribution is 6.30. The van der Waals surface area contributed by atoms with Gasteiger partial charge in [0.05, 0.1) is 12.1 Å². The topological polar surface area (TPSA) is 119 Å². The summed E-state index contributed by atoms with van der Waals surface area (Å²) in [5.41, 5.74) is 0.473. The van der Waals surface area contributed by atoms with Crippen LogP contribution >= 0.6 is 0 Å². The van der Waals surface area contributed by atoms with E-state index in [4.69, 9.17) is 4.74 Å². The van der Waals surface area contributed by atoms with E-state index in [-0.39, 0.29) is 52.1 Å². The normalized spacial score (nSPS) is 12.1. The summed E-state index contributed by atoms with van der Waals surface area (Å²) in [6.45, 7) is 2.69. The molecule has 0 heterocycles. The van der Waals surface area contributed by atoms with E-state index in [0.29, 0.717) is 0 Å². The first-order valence-electron chi connectivity index (χ1n) is 9.34. The molecule has 2 aromatic rings. The minimum absolute atomic E-state index is 0.0390. The fourth-order valence-electron chi connectivity index (χ4n) is 3.13. The highest BCUT2D eigenvalue weighted by Gasteiger charge is 2.33. The van der Waals surface area contributed by atoms with Crippen LogP contribution < -0.4 is 10.6 Å². The third kappa shape index (κ3) is 4.27. The number of fused-ring (bicyclic) bond motifs is 2. The van der Waals surface area contributed by atoms with Gasteiger partial charge in [0.2, 0.25) is 5.91 Å². The van der Waals surface area contributed by atoms with Gasteiger partial charge in [0.1, 0.15) is 0 Å². The number of esters is 1. The van der Waals surface area contributed by atoms with Crippen molar-refractivity contribution in [2.24, 2.45) is 0 Å². The van der Waals surface area contributed by atoms with Crippen LogP contribution in [0.3, 0.4) is 0 Å². The molecular weight excluding hydrogens is 388 g/mol. The summed E-state index contributed by atoms with van der Waals surface area (Å²) < 4.78 is 4.99. The lowest BCUT2D eigenvalue weighted by atomic mass is 9.82. The lowest BCUT2D eigenvalue weighted by Gasteiger charge is -2.19. The molecule has 30 heavy (non-hydrogen) atoms. The number of ketones is 2. The SMILES string of the molecule is CC(C)NC(=O)CNC(=O)COC(=O)c1cccc2c1C(=O)c1ccccc1C2=O. The van der Waals surface area contributed by atoms with Crippen molar-refractivity contribution in [3.63, 3.8) is 0 Å². The smallest absolute Gasteiger partial charge is 0.339 e. The van der Waals surface area contributed by atoms with Gasteiger partial charge >= 0.3 is 5.97 Å². The number of rotatable bonds is 6. The van der Waals surface area contributed by atoms with E-state index in [9.17, 15) is 24.0 Å². The maximum absolute atomic E-state index is 12.9. The number of amides is 2. The summed E-state index contributed by atoms with van der Waals surface area (Å²) in [6.07, 6.45) is 0. The van der Waals surface area contributed by atoms with Gasteiger partial charge in [0.25, 0.3) is 5.91 Å². The zero-order chi connectivity index (χ0) is 21.8. The molecule has 2 N–H and O–H groups in total. The molecule has 3 rings (SSSR count). The number of ether oxygens (including phenoxy) is 1. The average Bonchev–Trinajstić information content (AvgIpc) is 2.73. The van der Waals surface area contributed by atoms with Crippen LogP contribution in [0.25, 0.3) is 0 Å². The number of carbonyl (C=O) groups is 5. The molecule has 8 heteroatoms. The lowest BCUT2D eigenvalue weighted by molar-refractivity contribution is -0.128. The van der Waals surface area contributed by atoms with E-state index in [2.05, 4.69) is 10.6 Å². The first kappa shape index (κ1) is 20.9. The van der Waals surface area contributed by atoms with Crippen molar-refractivity contribution in [2.75, 3.05) is 13.2 Å². The van der Waals surface area contributed by atoms with Gasteiger partial charge in [0.15, 0.2) is 18.2 Å². The number of nitrogens with one attached hydrogen (secondary N) is 2. The van der Waals surface area contributed by atoms with Crippen LogP contribution in [-0.2, 0) is 14.3 Å². The molecule has 0 bridgehead atoms. The van der Waals surface area contributed by atoms with Gasteiger partial charge < -0.3 is 15.4 Å². The van der Waals surface area contributed by atoms with Gasteiger partial charge in [-0.25, -0.2) is 4.79 Å². The van der Waals surface area contributed by atoms with Gasteiger partial charge in [-0.15, -0.1) is 0 Å². The van der Waals surface area contributed by atoms with Gasteiger partial charge in [-0.3, -0.25) is 19.2 Å². The highest BCUT2D eigenvalue weighted by atomic mass is 16.5. The second kappa shape index (κ2) is 8.69. The lowest BCUT2D eigenvalue weighted by Crippen LogP contribution is -2.41. The van der Waals surface area contributed by atoms with E-state index in [1.807, 2.05) is 0 Å². The Balaban J connectivity index is 1.71. The fourth-order valence-corrected chi connectivity index (χ4v) is 3.13. The van der Waals surface area contributed by atoms with Crippen LogP contribution in [0.5, 0.6) is 0 Å². The second-order valence-corrected chi connectivity index (χ2v) is 7.01. The molecule has 2 aromatic carbocycles. The predicted molar refractivity (Wildman–Crippen MR) is 106 cm³/mol. The molecule has 0 atom stereocenters. The molecule has 0 saturated heterocycles. The Morgan fingerprint density at radius 2 is 1.50 bits per heavy atom. The zero-order valence-electron chi connectivity index (χ0n) is 16.5. The molecule has 8 nitrogen and oxygen atoms in total. The van der Waals surface area contributed by atoms with Crippen molar-refractivity contribution in [2.45, 2.75) is 19.9 Å². The highest BCUT2D eigenvalue weighted by Crippen LogP contribution is 2.29. The summed E-state index contributed by atoms with van der Waals surface area (Å²) in [7, 11) is 0. The van der Waals surface area contributed by atoms with Crippen LogP contribution in [0.15, 0.2) is 42.5 Å². The van der Waals surface area contributed by atoms with Gasteiger partial charge in [0, 0.05) is 28.3 Å². The van der Waals surface area contributed by atoms with Crippen molar-refractivity contribution in [1.82, 2.24) is 10.6 Å². The first-order chi connectivity index (χ1) is 14.3. The fraction of sp³-hybridized carbons (Fsp3) is 0.227. The van der Waals surface area contributed by atoms with Crippen LogP contribution in [0, 0.1) is 0 Å². The molecular formula is C22H20N2O6. The Labute approximate surface area is 172 Å². The van der Waals surface area contributed by atoms with E-state index in [1.165, 1.54) is 24.3 Å². The molecule has 0 radical (unpaired) electrons. The van der Waals surface area contributed by atoms with Gasteiger partial charge in [-0.1, -0.05) is 36.4 Å². The Kier molecular flexibility index (Phi) is 6.06. The monoisotopic (exact) mass is 408 g/mol. The molecule has 154 valence electrons. The van der Waals surface area contributed by atoms with Crippen molar-refractivity contribution >= 4 is 29.4 Å². The summed E-state index contributed by atoms with van der Waals surface area (Å²) >= 11 is 0. The van der Waals surface area contributed by atoms with Crippen LogP contribution in [0.1, 0.15) is 56.0 Å². The Hall–Kier alpha value is -3.81. The largest absolute Gasteiger partial charge is 0.452 e. The predicted octanol–water partition coefficient (Wildman–Crippen LogP) is 1.26. The maximum atomic E-state index is 12.9. The number of hydrogen-bond acceptors (Lipinski definition) is 6. The molecule has 1 aliphatic rings. The van der Waals surface area contributed by atoms with Crippen LogP contribution in [0.2, 0.25) is 0 Å². The minimum atomic E-state index is -0.908. The van der Waals surface area contributed by atoms with Crippen molar-refractivity contribution in [3.05, 3.63) is 70.3 Å².